The third kappa shape index (κ3) is 1.65. The molecule has 0 aliphatic heterocycles. The van der Waals surface area contributed by atoms with Crippen molar-refractivity contribution < 1.29 is 14.3 Å². The zero-order valence-electron chi connectivity index (χ0n) is 6.73. The Morgan fingerprint density at radius 1 is 1.75 bits per heavy atom. The van der Waals surface area contributed by atoms with E-state index in [9.17, 15) is 4.79 Å². The average molecular weight is 169 g/mol. The Labute approximate surface area is 70.0 Å². The van der Waals surface area contributed by atoms with Crippen LogP contribution in [0.5, 0.6) is 0 Å². The fourth-order valence-corrected chi connectivity index (χ4v) is 0.881. The number of rotatable bonds is 3. The Balaban J connectivity index is 2.71. The summed E-state index contributed by atoms with van der Waals surface area (Å²) in [6.45, 7) is 1.55. The van der Waals surface area contributed by atoms with Crippen molar-refractivity contribution in [3.05, 3.63) is 24.2 Å². The average Bonchev–Trinajstić information content (AvgIpc) is 2.53. The molecule has 0 spiro atoms. The quantitative estimate of drug-likeness (QED) is 0.707. The van der Waals surface area contributed by atoms with Crippen LogP contribution in [0.2, 0.25) is 0 Å². The molecule has 66 valence electrons. The van der Waals surface area contributed by atoms with Gasteiger partial charge in [0, 0.05) is 0 Å². The molecule has 0 unspecified atom stereocenters. The number of nitrogens with two attached hydrogens (primary N) is 1. The van der Waals surface area contributed by atoms with Gasteiger partial charge in [0.05, 0.1) is 18.2 Å². The molecule has 0 radical (unpaired) electrons. The molecule has 0 bridgehead atoms. The van der Waals surface area contributed by atoms with Gasteiger partial charge in [-0.1, -0.05) is 0 Å². The van der Waals surface area contributed by atoms with E-state index in [1.807, 2.05) is 0 Å². The molecule has 1 heterocycles. The highest BCUT2D eigenvalue weighted by molar-refractivity contribution is 5.70. The van der Waals surface area contributed by atoms with Crippen molar-refractivity contribution in [1.82, 2.24) is 0 Å². The largest absolute Gasteiger partial charge is 0.481 e. The van der Waals surface area contributed by atoms with E-state index in [4.69, 9.17) is 15.3 Å². The van der Waals surface area contributed by atoms with Gasteiger partial charge in [-0.3, -0.25) is 4.79 Å². The molecule has 0 aliphatic carbocycles. The monoisotopic (exact) mass is 169 g/mol. The van der Waals surface area contributed by atoms with E-state index >= 15 is 0 Å². The zero-order chi connectivity index (χ0) is 9.14. The fourth-order valence-electron chi connectivity index (χ4n) is 0.881. The van der Waals surface area contributed by atoms with Crippen molar-refractivity contribution in [2.45, 2.75) is 13.0 Å². The van der Waals surface area contributed by atoms with Crippen molar-refractivity contribution in [3.8, 4) is 0 Å². The van der Waals surface area contributed by atoms with E-state index in [-0.39, 0.29) is 0 Å². The molecule has 4 heteroatoms. The number of hydrogen-bond acceptors (Lipinski definition) is 3. The minimum absolute atomic E-state index is 0.505. The van der Waals surface area contributed by atoms with E-state index in [0.29, 0.717) is 5.76 Å². The van der Waals surface area contributed by atoms with Crippen LogP contribution in [-0.4, -0.2) is 11.1 Å². The van der Waals surface area contributed by atoms with Crippen molar-refractivity contribution in [1.29, 1.82) is 0 Å². The van der Waals surface area contributed by atoms with Gasteiger partial charge in [0.2, 0.25) is 0 Å². The van der Waals surface area contributed by atoms with Gasteiger partial charge >= 0.3 is 5.97 Å². The van der Waals surface area contributed by atoms with Crippen LogP contribution in [0.25, 0.3) is 0 Å². The summed E-state index contributed by atoms with van der Waals surface area (Å²) in [6, 6.07) is 2.78. The molecular formula is C8H11NO3. The summed E-state index contributed by atoms with van der Waals surface area (Å²) in [5.41, 5.74) is 5.61. The molecule has 1 aromatic rings. The summed E-state index contributed by atoms with van der Waals surface area (Å²) in [6.07, 6.45) is 1.48. The smallest absolute Gasteiger partial charge is 0.308 e. The number of aliphatic carboxylic acids is 1. The number of carboxylic acid groups (broad SMARTS) is 1. The number of carbonyl (C=O) groups is 1. The zero-order valence-corrected chi connectivity index (χ0v) is 6.73. The van der Waals surface area contributed by atoms with Crippen molar-refractivity contribution in [3.63, 3.8) is 0 Å². The van der Waals surface area contributed by atoms with Crippen LogP contribution in [0.3, 0.4) is 0 Å². The molecule has 0 saturated heterocycles. The molecule has 12 heavy (non-hydrogen) atoms. The molecule has 0 amide bonds. The van der Waals surface area contributed by atoms with Gasteiger partial charge < -0.3 is 15.3 Å². The standard InChI is InChI=1S/C8H11NO3/c1-5(8(10)11)7(9)6-3-2-4-12-6/h2-5,7H,9H2,1H3,(H,10,11)/t5-,7-/m0/s1. The number of furan rings is 1. The van der Waals surface area contributed by atoms with Crippen LogP contribution in [-0.2, 0) is 4.79 Å². The van der Waals surface area contributed by atoms with Crippen LogP contribution >= 0.6 is 0 Å². The Hall–Kier alpha value is -1.29. The molecule has 0 aliphatic rings. The van der Waals surface area contributed by atoms with Crippen molar-refractivity contribution in [2.75, 3.05) is 0 Å². The first-order valence-corrected chi connectivity index (χ1v) is 3.64. The Morgan fingerprint density at radius 3 is 2.83 bits per heavy atom. The van der Waals surface area contributed by atoms with Crippen molar-refractivity contribution in [2.24, 2.45) is 11.7 Å². The fraction of sp³-hybridized carbons (Fsp3) is 0.375. The first kappa shape index (κ1) is 8.80. The first-order chi connectivity index (χ1) is 5.63. The lowest BCUT2D eigenvalue weighted by molar-refractivity contribution is -0.142. The van der Waals surface area contributed by atoms with Crippen LogP contribution in [0, 0.1) is 5.92 Å². The lowest BCUT2D eigenvalue weighted by atomic mass is 10.0. The summed E-state index contributed by atoms with van der Waals surface area (Å²) in [5, 5.41) is 8.63. The molecule has 2 atom stereocenters. The second-order valence-corrected chi connectivity index (χ2v) is 2.67. The lowest BCUT2D eigenvalue weighted by Gasteiger charge is -2.12. The molecule has 4 nitrogen and oxygen atoms in total. The van der Waals surface area contributed by atoms with Gasteiger partial charge in [-0.05, 0) is 19.1 Å². The molecule has 0 saturated carbocycles. The Bertz CT molecular complexity index is 255. The highest BCUT2D eigenvalue weighted by Crippen LogP contribution is 2.19. The van der Waals surface area contributed by atoms with Crippen LogP contribution in [0.1, 0.15) is 18.7 Å². The van der Waals surface area contributed by atoms with Crippen molar-refractivity contribution >= 4 is 5.97 Å². The SMILES string of the molecule is C[C@H](C(=O)O)[C@H](N)c1ccco1. The first-order valence-electron chi connectivity index (χ1n) is 3.64. The second-order valence-electron chi connectivity index (χ2n) is 2.67. The second kappa shape index (κ2) is 3.40. The van der Waals surface area contributed by atoms with Gasteiger partial charge in [-0.25, -0.2) is 0 Å². The lowest BCUT2D eigenvalue weighted by Crippen LogP contribution is -2.25. The van der Waals surface area contributed by atoms with E-state index in [1.165, 1.54) is 6.26 Å². The number of carboxylic acids is 1. The summed E-state index contributed by atoms with van der Waals surface area (Å²) in [4.78, 5) is 10.5. The highest BCUT2D eigenvalue weighted by Gasteiger charge is 2.23. The van der Waals surface area contributed by atoms with Gasteiger partial charge in [-0.2, -0.15) is 0 Å². The number of hydrogen-bond donors (Lipinski definition) is 2. The molecule has 0 fully saturated rings. The summed E-state index contributed by atoms with van der Waals surface area (Å²) in [7, 11) is 0. The van der Waals surface area contributed by atoms with E-state index < -0.39 is 17.9 Å². The molecule has 1 rings (SSSR count). The molecule has 0 aromatic carbocycles. The molecule has 3 N–H and O–H groups in total. The van der Waals surface area contributed by atoms with Crippen LogP contribution in [0.15, 0.2) is 22.8 Å². The van der Waals surface area contributed by atoms with Gasteiger partial charge in [0.15, 0.2) is 0 Å². The minimum Gasteiger partial charge on any atom is -0.481 e. The predicted octanol–water partition coefficient (Wildman–Crippen LogP) is 1.00. The predicted molar refractivity (Wildman–Crippen MR) is 42.4 cm³/mol. The van der Waals surface area contributed by atoms with Gasteiger partial charge in [0.25, 0.3) is 0 Å². The maximum absolute atomic E-state index is 10.5. The third-order valence-electron chi connectivity index (χ3n) is 1.80. The van der Waals surface area contributed by atoms with Gasteiger partial charge in [0.1, 0.15) is 5.76 Å². The summed E-state index contributed by atoms with van der Waals surface area (Å²) in [5.74, 6) is -1.04. The Morgan fingerprint density at radius 2 is 2.42 bits per heavy atom. The summed E-state index contributed by atoms with van der Waals surface area (Å²) < 4.78 is 4.98. The Kier molecular flexibility index (Phi) is 2.50. The van der Waals surface area contributed by atoms with E-state index in [1.54, 1.807) is 19.1 Å². The topological polar surface area (TPSA) is 76.5 Å². The van der Waals surface area contributed by atoms with E-state index in [0.717, 1.165) is 0 Å². The normalized spacial score (nSPS) is 15.5. The van der Waals surface area contributed by atoms with E-state index in [2.05, 4.69) is 0 Å². The maximum Gasteiger partial charge on any atom is 0.308 e. The highest BCUT2D eigenvalue weighted by atomic mass is 16.4. The summed E-state index contributed by atoms with van der Waals surface area (Å²) >= 11 is 0. The third-order valence-corrected chi connectivity index (χ3v) is 1.80. The minimum atomic E-state index is -0.918. The van der Waals surface area contributed by atoms with Gasteiger partial charge in [-0.15, -0.1) is 0 Å². The molecular weight excluding hydrogens is 158 g/mol. The van der Waals surface area contributed by atoms with Crippen LogP contribution in [0.4, 0.5) is 0 Å². The maximum atomic E-state index is 10.5. The molecule has 1 aromatic heterocycles. The van der Waals surface area contributed by atoms with Crippen LogP contribution < -0.4 is 5.73 Å².